The van der Waals surface area contributed by atoms with Crippen LogP contribution in [-0.4, -0.2) is 49.7 Å². The Morgan fingerprint density at radius 3 is 2.32 bits per heavy atom. The Bertz CT molecular complexity index is 900. The van der Waals surface area contributed by atoms with E-state index in [-0.39, 0.29) is 5.91 Å². The van der Waals surface area contributed by atoms with Crippen molar-refractivity contribution in [3.05, 3.63) is 50.1 Å². The highest BCUT2D eigenvalue weighted by atomic mass is 79.9. The smallest absolute Gasteiger partial charge is 0.264 e. The number of hydrogen-bond acceptors (Lipinski definition) is 4. The van der Waals surface area contributed by atoms with Crippen LogP contribution in [0.5, 0.6) is 0 Å². The van der Waals surface area contributed by atoms with Crippen molar-refractivity contribution < 1.29 is 13.2 Å². The molecule has 0 spiro atoms. The molecule has 0 radical (unpaired) electrons. The van der Waals surface area contributed by atoms with Gasteiger partial charge in [-0.3, -0.25) is 4.79 Å². The van der Waals surface area contributed by atoms with Crippen LogP contribution >= 0.6 is 27.3 Å². The van der Waals surface area contributed by atoms with Gasteiger partial charge >= 0.3 is 0 Å². The summed E-state index contributed by atoms with van der Waals surface area (Å²) in [6.07, 6.45) is 0. The van der Waals surface area contributed by atoms with Crippen molar-refractivity contribution in [2.45, 2.75) is 18.7 Å². The number of halogens is 1. The average Bonchev–Trinajstić information content (AvgIpc) is 3.00. The third kappa shape index (κ3) is 3.81. The number of carbonyl (C=O) groups is 1. The molecule has 1 aromatic carbocycles. The predicted octanol–water partition coefficient (Wildman–Crippen LogP) is 3.27. The maximum absolute atomic E-state index is 12.9. The molecule has 1 aromatic heterocycles. The quantitative estimate of drug-likeness (QED) is 0.732. The number of thiophene rings is 1. The molecular formula is C17H19BrN2O3S2. The van der Waals surface area contributed by atoms with Gasteiger partial charge in [0, 0.05) is 26.2 Å². The summed E-state index contributed by atoms with van der Waals surface area (Å²) in [5, 5.41) is 0. The lowest BCUT2D eigenvalue weighted by molar-refractivity contribution is 0.0703. The second-order valence-electron chi connectivity index (χ2n) is 6.07. The summed E-state index contributed by atoms with van der Waals surface area (Å²) in [5.74, 6) is -0.0423. The summed E-state index contributed by atoms with van der Waals surface area (Å²) in [7, 11) is -3.53. The number of amides is 1. The molecule has 1 fully saturated rings. The van der Waals surface area contributed by atoms with E-state index in [1.807, 2.05) is 32.0 Å². The monoisotopic (exact) mass is 442 g/mol. The summed E-state index contributed by atoms with van der Waals surface area (Å²) >= 11 is 4.75. The van der Waals surface area contributed by atoms with Crippen LogP contribution < -0.4 is 0 Å². The number of benzene rings is 1. The Morgan fingerprint density at radius 1 is 1.08 bits per heavy atom. The van der Waals surface area contributed by atoms with Gasteiger partial charge in [-0.2, -0.15) is 4.31 Å². The van der Waals surface area contributed by atoms with Crippen molar-refractivity contribution >= 4 is 43.2 Å². The zero-order valence-corrected chi connectivity index (χ0v) is 17.2. The van der Waals surface area contributed by atoms with E-state index in [1.165, 1.54) is 15.6 Å². The molecule has 8 heteroatoms. The largest absolute Gasteiger partial charge is 0.335 e. The SMILES string of the molecule is Cc1ccc(S(=O)(=O)N2CCN(C(=O)c3ccc(Br)s3)CC2)c(C)c1. The molecule has 2 aromatic rings. The molecule has 0 aliphatic carbocycles. The maximum atomic E-state index is 12.9. The van der Waals surface area contributed by atoms with Crippen LogP contribution in [-0.2, 0) is 10.0 Å². The number of piperazine rings is 1. The Kier molecular flexibility index (Phi) is 5.34. The highest BCUT2D eigenvalue weighted by molar-refractivity contribution is 9.11. The first kappa shape index (κ1) is 18.6. The van der Waals surface area contributed by atoms with E-state index in [1.54, 1.807) is 17.0 Å². The number of sulfonamides is 1. The van der Waals surface area contributed by atoms with Crippen LogP contribution in [0.3, 0.4) is 0 Å². The zero-order valence-electron chi connectivity index (χ0n) is 14.0. The first-order valence-corrected chi connectivity index (χ1v) is 11.0. The van der Waals surface area contributed by atoms with Crippen molar-refractivity contribution in [2.24, 2.45) is 0 Å². The highest BCUT2D eigenvalue weighted by Gasteiger charge is 2.31. The van der Waals surface area contributed by atoms with E-state index in [2.05, 4.69) is 15.9 Å². The summed E-state index contributed by atoms with van der Waals surface area (Å²) in [6, 6.07) is 8.99. The van der Waals surface area contributed by atoms with E-state index >= 15 is 0 Å². The summed E-state index contributed by atoms with van der Waals surface area (Å²) in [6.45, 7) is 5.18. The third-order valence-electron chi connectivity index (χ3n) is 4.26. The van der Waals surface area contributed by atoms with Crippen LogP contribution in [0.15, 0.2) is 39.0 Å². The molecule has 3 rings (SSSR count). The van der Waals surface area contributed by atoms with E-state index in [0.29, 0.717) is 36.0 Å². The molecule has 0 bridgehead atoms. The van der Waals surface area contributed by atoms with Gasteiger partial charge in [-0.1, -0.05) is 17.7 Å². The minimum atomic E-state index is -3.53. The molecule has 0 unspecified atom stereocenters. The number of nitrogens with zero attached hydrogens (tertiary/aromatic N) is 2. The molecule has 2 heterocycles. The zero-order chi connectivity index (χ0) is 18.2. The fourth-order valence-corrected chi connectivity index (χ4v) is 5.93. The standard InChI is InChI=1S/C17H19BrN2O3S2/c1-12-3-5-15(13(2)11-12)25(22,23)20-9-7-19(8-10-20)17(21)14-4-6-16(18)24-14/h3-6,11H,7-10H2,1-2H3. The minimum absolute atomic E-state index is 0.0423. The van der Waals surface area contributed by atoms with E-state index in [4.69, 9.17) is 0 Å². The summed E-state index contributed by atoms with van der Waals surface area (Å²) in [4.78, 5) is 15.2. The molecule has 5 nitrogen and oxygen atoms in total. The molecule has 1 saturated heterocycles. The second kappa shape index (κ2) is 7.19. The molecule has 1 aliphatic heterocycles. The van der Waals surface area contributed by atoms with Gasteiger partial charge in [-0.15, -0.1) is 11.3 Å². The maximum Gasteiger partial charge on any atom is 0.264 e. The highest BCUT2D eigenvalue weighted by Crippen LogP contribution is 2.25. The van der Waals surface area contributed by atoms with Crippen molar-refractivity contribution in [2.75, 3.05) is 26.2 Å². The molecule has 0 N–H and O–H groups in total. The van der Waals surface area contributed by atoms with Gasteiger partial charge in [-0.05, 0) is 53.5 Å². The van der Waals surface area contributed by atoms with Gasteiger partial charge in [0.05, 0.1) is 13.6 Å². The minimum Gasteiger partial charge on any atom is -0.335 e. The lowest BCUT2D eigenvalue weighted by Gasteiger charge is -2.34. The molecule has 0 saturated carbocycles. The Morgan fingerprint density at radius 2 is 1.76 bits per heavy atom. The number of hydrogen-bond donors (Lipinski definition) is 0. The lowest BCUT2D eigenvalue weighted by atomic mass is 10.2. The average molecular weight is 443 g/mol. The molecule has 1 amide bonds. The Hall–Kier alpha value is -1.22. The first-order valence-electron chi connectivity index (χ1n) is 7.91. The fraction of sp³-hybridized carbons (Fsp3) is 0.353. The van der Waals surface area contributed by atoms with Gasteiger partial charge in [0.25, 0.3) is 5.91 Å². The molecule has 0 atom stereocenters. The molecular weight excluding hydrogens is 424 g/mol. The second-order valence-corrected chi connectivity index (χ2v) is 10.4. The van der Waals surface area contributed by atoms with Gasteiger partial charge in [0.15, 0.2) is 0 Å². The number of aryl methyl sites for hydroxylation is 2. The topological polar surface area (TPSA) is 57.7 Å². The van der Waals surface area contributed by atoms with Gasteiger partial charge in [-0.25, -0.2) is 8.42 Å². The Balaban J connectivity index is 1.72. The van der Waals surface area contributed by atoms with Crippen LogP contribution in [0, 0.1) is 13.8 Å². The van der Waals surface area contributed by atoms with E-state index in [0.717, 1.165) is 14.9 Å². The molecule has 1 aliphatic rings. The van der Waals surface area contributed by atoms with Crippen molar-refractivity contribution in [3.8, 4) is 0 Å². The van der Waals surface area contributed by atoms with Crippen LogP contribution in [0.25, 0.3) is 0 Å². The number of carbonyl (C=O) groups excluding carboxylic acids is 1. The van der Waals surface area contributed by atoms with Crippen LogP contribution in [0.4, 0.5) is 0 Å². The predicted molar refractivity (Wildman–Crippen MR) is 103 cm³/mol. The van der Waals surface area contributed by atoms with Gasteiger partial charge < -0.3 is 4.90 Å². The summed E-state index contributed by atoms with van der Waals surface area (Å²) in [5.41, 5.74) is 1.79. The fourth-order valence-electron chi connectivity index (χ4n) is 2.94. The van der Waals surface area contributed by atoms with Crippen LogP contribution in [0.1, 0.15) is 20.8 Å². The van der Waals surface area contributed by atoms with E-state index < -0.39 is 10.0 Å². The molecule has 134 valence electrons. The normalized spacial score (nSPS) is 16.2. The molecule has 25 heavy (non-hydrogen) atoms. The van der Waals surface area contributed by atoms with Crippen molar-refractivity contribution in [1.82, 2.24) is 9.21 Å². The van der Waals surface area contributed by atoms with Gasteiger partial charge in [0.2, 0.25) is 10.0 Å². The van der Waals surface area contributed by atoms with Crippen molar-refractivity contribution in [3.63, 3.8) is 0 Å². The van der Waals surface area contributed by atoms with Crippen molar-refractivity contribution in [1.29, 1.82) is 0 Å². The number of rotatable bonds is 3. The first-order chi connectivity index (χ1) is 11.8. The van der Waals surface area contributed by atoms with Crippen LogP contribution in [0.2, 0.25) is 0 Å². The summed E-state index contributed by atoms with van der Waals surface area (Å²) < 4.78 is 28.2. The Labute approximate surface area is 160 Å². The van der Waals surface area contributed by atoms with E-state index in [9.17, 15) is 13.2 Å². The third-order valence-corrected chi connectivity index (χ3v) is 7.93. The van der Waals surface area contributed by atoms with Gasteiger partial charge in [0.1, 0.15) is 0 Å². The lowest BCUT2D eigenvalue weighted by Crippen LogP contribution is -2.50.